The van der Waals surface area contributed by atoms with Crippen LogP contribution in [0.3, 0.4) is 0 Å². The molecule has 0 spiro atoms. The lowest BCUT2D eigenvalue weighted by Gasteiger charge is -2.41. The van der Waals surface area contributed by atoms with Crippen molar-refractivity contribution in [3.63, 3.8) is 0 Å². The van der Waals surface area contributed by atoms with E-state index >= 15 is 0 Å². The number of rotatable bonds is 7. The number of hydrogen-bond acceptors (Lipinski definition) is 8. The third-order valence-corrected chi connectivity index (χ3v) is 10.0. The molecule has 1 aliphatic carbocycles. The summed E-state index contributed by atoms with van der Waals surface area (Å²) in [6.07, 6.45) is 3.95. The first kappa shape index (κ1) is 27.8. The molecule has 9 heteroatoms. The van der Waals surface area contributed by atoms with Gasteiger partial charge in [-0.15, -0.1) is 0 Å². The molecule has 2 aromatic carbocycles. The Morgan fingerprint density at radius 1 is 1.12 bits per heavy atom. The first-order valence-electron chi connectivity index (χ1n) is 15.5. The van der Waals surface area contributed by atoms with Crippen molar-refractivity contribution in [1.29, 1.82) is 5.26 Å². The molecule has 0 radical (unpaired) electrons. The summed E-state index contributed by atoms with van der Waals surface area (Å²) in [4.78, 5) is 31.5. The van der Waals surface area contributed by atoms with Crippen LogP contribution in [0.25, 0.3) is 10.8 Å². The maximum Gasteiger partial charge on any atom is 0.319 e. The first-order valence-corrected chi connectivity index (χ1v) is 15.5. The van der Waals surface area contributed by atoms with Gasteiger partial charge in [0.15, 0.2) is 0 Å². The number of aromatic nitrogens is 2. The quantitative estimate of drug-likeness (QED) is 0.372. The molecule has 2 fully saturated rings. The summed E-state index contributed by atoms with van der Waals surface area (Å²) in [5, 5.41) is 12.3. The number of likely N-dealkylation sites (tertiary alicyclic amines) is 1. The van der Waals surface area contributed by atoms with E-state index in [-0.39, 0.29) is 24.4 Å². The van der Waals surface area contributed by atoms with E-state index in [1.807, 2.05) is 0 Å². The minimum atomic E-state index is -0.232. The number of benzene rings is 2. The van der Waals surface area contributed by atoms with Crippen LogP contribution < -0.4 is 9.64 Å². The van der Waals surface area contributed by atoms with Gasteiger partial charge in [0.25, 0.3) is 0 Å². The van der Waals surface area contributed by atoms with Gasteiger partial charge in [0.2, 0.25) is 5.91 Å². The van der Waals surface area contributed by atoms with E-state index in [0.29, 0.717) is 44.3 Å². The number of hydrogen-bond donors (Lipinski definition) is 0. The van der Waals surface area contributed by atoms with E-state index in [1.54, 1.807) is 4.90 Å². The highest BCUT2D eigenvalue weighted by Crippen LogP contribution is 2.50. The lowest BCUT2D eigenvalue weighted by Crippen LogP contribution is -2.55. The zero-order valence-corrected chi connectivity index (χ0v) is 25.1. The number of fused-ring (bicyclic) bond motifs is 1. The van der Waals surface area contributed by atoms with E-state index in [9.17, 15) is 10.1 Å². The molecule has 3 unspecified atom stereocenters. The predicted molar refractivity (Wildman–Crippen MR) is 165 cm³/mol. The number of piperazine rings is 1. The number of nitrogens with zero attached hydrogens (tertiary/aromatic N) is 7. The molecule has 4 heterocycles. The van der Waals surface area contributed by atoms with Gasteiger partial charge in [0, 0.05) is 62.8 Å². The van der Waals surface area contributed by atoms with Crippen LogP contribution in [-0.4, -0.2) is 75.6 Å². The number of ether oxygens (including phenoxy) is 1. The van der Waals surface area contributed by atoms with Crippen molar-refractivity contribution in [2.75, 3.05) is 37.8 Å². The van der Waals surface area contributed by atoms with Gasteiger partial charge < -0.3 is 14.5 Å². The van der Waals surface area contributed by atoms with E-state index < -0.39 is 0 Å². The zero-order chi connectivity index (χ0) is 29.7. The lowest BCUT2D eigenvalue weighted by molar-refractivity contribution is -0.128. The molecule has 7 rings (SSSR count). The third kappa shape index (κ3) is 4.83. The largest absolute Gasteiger partial charge is 0.447 e. The minimum absolute atomic E-state index is 0.133. The number of carbonyl (C=O) groups is 1. The van der Waals surface area contributed by atoms with Gasteiger partial charge in [0.05, 0.1) is 24.2 Å². The Morgan fingerprint density at radius 2 is 1.93 bits per heavy atom. The smallest absolute Gasteiger partial charge is 0.319 e. The second-order valence-corrected chi connectivity index (χ2v) is 12.5. The Hall–Kier alpha value is -4.00. The number of nitriles is 1. The average Bonchev–Trinajstić information content (AvgIpc) is 3.71. The summed E-state index contributed by atoms with van der Waals surface area (Å²) in [6, 6.07) is 16.5. The standard InChI is InChI=1S/C34H39N7O2/c1-4-30(42)41-17-16-38(18-25(41)13-14-35)33-28-19-40(20-29(28)36-34(37-33)43-21-39-15-7-8-22(39)2)32-23(3)26-11-5-9-24-10-6-12-27(32)31(24)26/h4-6,9-12,22-23,25,32H,1,7-8,13,15-21H2,2-3H3/t22?,23?,25-,32?/m0/s1. The summed E-state index contributed by atoms with van der Waals surface area (Å²) in [5.74, 6) is 1.09. The van der Waals surface area contributed by atoms with Crippen LogP contribution in [0.1, 0.15) is 67.5 Å². The summed E-state index contributed by atoms with van der Waals surface area (Å²) >= 11 is 0. The molecular formula is C34H39N7O2. The fourth-order valence-corrected chi connectivity index (χ4v) is 7.80. The SMILES string of the molecule is C=CC(=O)N1CCN(c2nc(OCN3CCCC3C)nc3c2CN(C2c4cccc5cccc(c45)C2C)C3)C[C@@H]1CC#N. The zero-order valence-electron chi connectivity index (χ0n) is 25.1. The van der Waals surface area contributed by atoms with E-state index in [4.69, 9.17) is 14.7 Å². The summed E-state index contributed by atoms with van der Waals surface area (Å²) in [7, 11) is 0. The molecule has 222 valence electrons. The van der Waals surface area contributed by atoms with Crippen molar-refractivity contribution in [2.45, 2.75) is 70.2 Å². The fraction of sp³-hybridized carbons (Fsp3) is 0.471. The summed E-state index contributed by atoms with van der Waals surface area (Å²) < 4.78 is 6.28. The molecule has 1 amide bonds. The molecule has 0 bridgehead atoms. The van der Waals surface area contributed by atoms with Crippen LogP contribution in [0.15, 0.2) is 49.1 Å². The van der Waals surface area contributed by atoms with Crippen molar-refractivity contribution in [3.05, 3.63) is 71.4 Å². The molecule has 3 aliphatic heterocycles. The van der Waals surface area contributed by atoms with Gasteiger partial charge in [-0.2, -0.15) is 15.2 Å². The van der Waals surface area contributed by atoms with Crippen molar-refractivity contribution >= 4 is 22.5 Å². The monoisotopic (exact) mass is 577 g/mol. The lowest BCUT2D eigenvalue weighted by atomic mass is 9.97. The van der Waals surface area contributed by atoms with E-state index in [2.05, 4.69) is 77.6 Å². The number of anilines is 1. The predicted octanol–water partition coefficient (Wildman–Crippen LogP) is 4.74. The van der Waals surface area contributed by atoms with Crippen LogP contribution in [0, 0.1) is 11.3 Å². The van der Waals surface area contributed by atoms with Crippen LogP contribution in [-0.2, 0) is 17.9 Å². The van der Waals surface area contributed by atoms with E-state index in [1.165, 1.54) is 40.8 Å². The molecular weight excluding hydrogens is 538 g/mol. The van der Waals surface area contributed by atoms with Crippen molar-refractivity contribution in [2.24, 2.45) is 0 Å². The Labute approximate surface area is 253 Å². The minimum Gasteiger partial charge on any atom is -0.447 e. The number of amides is 1. The maximum absolute atomic E-state index is 12.6. The molecule has 2 saturated heterocycles. The van der Waals surface area contributed by atoms with Crippen molar-refractivity contribution in [3.8, 4) is 12.1 Å². The maximum atomic E-state index is 12.6. The Kier molecular flexibility index (Phi) is 7.28. The van der Waals surface area contributed by atoms with Gasteiger partial charge in [-0.1, -0.05) is 49.9 Å². The molecule has 4 atom stereocenters. The highest BCUT2D eigenvalue weighted by Gasteiger charge is 2.41. The molecule has 4 aliphatic rings. The van der Waals surface area contributed by atoms with Crippen LogP contribution in [0.2, 0.25) is 0 Å². The molecule has 9 nitrogen and oxygen atoms in total. The summed E-state index contributed by atoms with van der Waals surface area (Å²) in [6.45, 7) is 12.9. The van der Waals surface area contributed by atoms with Gasteiger partial charge in [-0.05, 0) is 47.7 Å². The second kappa shape index (κ2) is 11.3. The van der Waals surface area contributed by atoms with Crippen LogP contribution in [0.4, 0.5) is 5.82 Å². The fourth-order valence-electron chi connectivity index (χ4n) is 7.80. The summed E-state index contributed by atoms with van der Waals surface area (Å²) in [5.41, 5.74) is 4.92. The van der Waals surface area contributed by atoms with E-state index in [0.717, 1.165) is 36.7 Å². The molecule has 1 aromatic heterocycles. The Bertz CT molecular complexity index is 1610. The molecule has 43 heavy (non-hydrogen) atoms. The molecule has 3 aromatic rings. The van der Waals surface area contributed by atoms with Gasteiger partial charge in [-0.25, -0.2) is 0 Å². The Morgan fingerprint density at radius 3 is 2.67 bits per heavy atom. The normalized spacial score (nSPS) is 25.2. The molecule has 0 saturated carbocycles. The van der Waals surface area contributed by atoms with Crippen molar-refractivity contribution < 1.29 is 9.53 Å². The topological polar surface area (TPSA) is 88.8 Å². The number of carbonyl (C=O) groups excluding carboxylic acids is 1. The average molecular weight is 578 g/mol. The highest BCUT2D eigenvalue weighted by atomic mass is 16.5. The molecule has 0 N–H and O–H groups in total. The third-order valence-electron chi connectivity index (χ3n) is 10.0. The van der Waals surface area contributed by atoms with Crippen molar-refractivity contribution in [1.82, 2.24) is 24.7 Å². The second-order valence-electron chi connectivity index (χ2n) is 12.5. The Balaban J connectivity index is 1.22. The van der Waals surface area contributed by atoms with Gasteiger partial charge in [-0.3, -0.25) is 14.6 Å². The van der Waals surface area contributed by atoms with Crippen LogP contribution in [0.5, 0.6) is 6.01 Å². The first-order chi connectivity index (χ1) is 21.0. The van der Waals surface area contributed by atoms with Gasteiger partial charge in [0.1, 0.15) is 12.5 Å². The van der Waals surface area contributed by atoms with Gasteiger partial charge >= 0.3 is 6.01 Å². The highest BCUT2D eigenvalue weighted by molar-refractivity contribution is 5.92. The van der Waals surface area contributed by atoms with Crippen LogP contribution >= 0.6 is 0 Å².